The van der Waals surface area contributed by atoms with Gasteiger partial charge in [0.25, 0.3) is 5.91 Å². The maximum atomic E-state index is 12.0. The van der Waals surface area contributed by atoms with Crippen molar-refractivity contribution in [2.45, 2.75) is 50.2 Å². The van der Waals surface area contributed by atoms with E-state index in [1.165, 1.54) is 11.1 Å². The van der Waals surface area contributed by atoms with Gasteiger partial charge in [0.1, 0.15) is 11.9 Å². The van der Waals surface area contributed by atoms with Crippen molar-refractivity contribution in [2.24, 2.45) is 0 Å². The molecule has 2 unspecified atom stereocenters. The van der Waals surface area contributed by atoms with Crippen LogP contribution in [0.15, 0.2) is 36.5 Å². The number of hydrogen-bond donors (Lipinski definition) is 1. The molecule has 2 aliphatic carbocycles. The molecular weight excluding hydrogens is 344 g/mol. The van der Waals surface area contributed by atoms with Crippen molar-refractivity contribution in [3.8, 4) is 5.75 Å². The number of amides is 2. The number of nitrogens with one attached hydrogen (secondary N) is 1. The summed E-state index contributed by atoms with van der Waals surface area (Å²) in [6, 6.07) is 10.4. The summed E-state index contributed by atoms with van der Waals surface area (Å²) in [6.07, 6.45) is 4.93. The summed E-state index contributed by atoms with van der Waals surface area (Å²) in [6.45, 7) is 0. The van der Waals surface area contributed by atoms with E-state index in [4.69, 9.17) is 9.47 Å². The number of cyclic esters (lactones) is 1. The van der Waals surface area contributed by atoms with Crippen molar-refractivity contribution in [2.75, 3.05) is 0 Å². The number of ether oxygens (including phenoxy) is 2. The summed E-state index contributed by atoms with van der Waals surface area (Å²) in [5.74, 6) is 0.188. The fourth-order valence-corrected chi connectivity index (χ4v) is 4.48. The topological polar surface area (TPSA) is 77.5 Å². The van der Waals surface area contributed by atoms with Gasteiger partial charge in [0.2, 0.25) is 0 Å². The number of nitrogens with zero attached hydrogens (tertiary/aromatic N) is 1. The third kappa shape index (κ3) is 2.85. The number of carbonyl (C=O) groups is 2. The molecule has 0 saturated carbocycles. The minimum Gasteiger partial charge on any atom is -0.484 e. The van der Waals surface area contributed by atoms with Crippen LogP contribution < -0.4 is 10.1 Å². The Hall–Kier alpha value is -2.89. The van der Waals surface area contributed by atoms with E-state index < -0.39 is 12.2 Å². The molecular formula is C21H20N2O4. The first-order chi connectivity index (χ1) is 13.2. The van der Waals surface area contributed by atoms with Gasteiger partial charge >= 0.3 is 6.09 Å². The molecule has 2 heterocycles. The average molecular weight is 364 g/mol. The largest absolute Gasteiger partial charge is 0.484 e. The van der Waals surface area contributed by atoms with Gasteiger partial charge in [-0.2, -0.15) is 0 Å². The van der Waals surface area contributed by atoms with Crippen LogP contribution in [0.25, 0.3) is 0 Å². The smallest absolute Gasteiger partial charge is 0.414 e. The van der Waals surface area contributed by atoms with Gasteiger partial charge in [-0.05, 0) is 54.9 Å². The highest BCUT2D eigenvalue weighted by Gasteiger charge is 2.42. The molecule has 1 saturated heterocycles. The second-order valence-electron chi connectivity index (χ2n) is 7.37. The first-order valence-electron chi connectivity index (χ1n) is 9.44. The van der Waals surface area contributed by atoms with Crippen LogP contribution in [-0.2, 0) is 22.4 Å². The van der Waals surface area contributed by atoms with E-state index in [9.17, 15) is 9.59 Å². The van der Waals surface area contributed by atoms with E-state index in [2.05, 4.69) is 28.5 Å². The highest BCUT2D eigenvalue weighted by molar-refractivity contribution is 6.00. The molecule has 3 atom stereocenters. The number of carbonyl (C=O) groups excluding carboxylic acids is 2. The number of alkyl carbamates (subject to hydrolysis) is 1. The lowest BCUT2D eigenvalue weighted by Crippen LogP contribution is -2.32. The highest BCUT2D eigenvalue weighted by atomic mass is 16.6. The standard InChI is InChI=1S/C21H20N2O4/c24-20-19(27-21(25)23-20)16-7-3-5-13-10-14(11-22-18(13)16)26-17-9-8-12-4-1-2-6-15(12)17/h1-2,4,6,10-11,16-17,19H,3,5,7-9H2,(H,23,24,25)/t16-,17?,19?/m0/s1. The molecule has 2 amide bonds. The van der Waals surface area contributed by atoms with Crippen LogP contribution in [0.3, 0.4) is 0 Å². The molecule has 5 rings (SSSR count). The third-order valence-corrected chi connectivity index (χ3v) is 5.73. The maximum absolute atomic E-state index is 12.0. The molecule has 0 spiro atoms. The van der Waals surface area contributed by atoms with Crippen molar-refractivity contribution in [3.05, 3.63) is 58.9 Å². The number of fused-ring (bicyclic) bond motifs is 2. The minimum absolute atomic E-state index is 0.0574. The predicted octanol–water partition coefficient (Wildman–Crippen LogP) is 3.20. The molecule has 1 aromatic heterocycles. The van der Waals surface area contributed by atoms with Crippen LogP contribution in [0.4, 0.5) is 4.79 Å². The second-order valence-corrected chi connectivity index (χ2v) is 7.37. The van der Waals surface area contributed by atoms with Gasteiger partial charge in [0.15, 0.2) is 6.10 Å². The van der Waals surface area contributed by atoms with Gasteiger partial charge in [-0.3, -0.25) is 15.1 Å². The molecule has 1 fully saturated rings. The van der Waals surface area contributed by atoms with Gasteiger partial charge < -0.3 is 9.47 Å². The fourth-order valence-electron chi connectivity index (χ4n) is 4.48. The molecule has 0 radical (unpaired) electrons. The van der Waals surface area contributed by atoms with Crippen LogP contribution in [0, 0.1) is 0 Å². The Morgan fingerprint density at radius 1 is 1.11 bits per heavy atom. The van der Waals surface area contributed by atoms with E-state index in [1.807, 2.05) is 12.1 Å². The lowest BCUT2D eigenvalue weighted by atomic mass is 9.83. The van der Waals surface area contributed by atoms with E-state index in [-0.39, 0.29) is 17.9 Å². The lowest BCUT2D eigenvalue weighted by molar-refractivity contribution is -0.124. The van der Waals surface area contributed by atoms with Crippen LogP contribution >= 0.6 is 0 Å². The number of rotatable bonds is 3. The summed E-state index contributed by atoms with van der Waals surface area (Å²) in [5, 5.41) is 2.21. The highest BCUT2D eigenvalue weighted by Crippen LogP contribution is 2.39. The molecule has 138 valence electrons. The van der Waals surface area contributed by atoms with Gasteiger partial charge in [0, 0.05) is 5.92 Å². The number of aryl methyl sites for hydroxylation is 2. The number of benzene rings is 1. The molecule has 3 aliphatic rings. The monoisotopic (exact) mass is 364 g/mol. The second kappa shape index (κ2) is 6.37. The summed E-state index contributed by atoms with van der Waals surface area (Å²) in [7, 11) is 0. The Morgan fingerprint density at radius 2 is 2.00 bits per heavy atom. The average Bonchev–Trinajstić information content (AvgIpc) is 3.24. The van der Waals surface area contributed by atoms with Crippen LogP contribution in [0.1, 0.15) is 53.7 Å². The Balaban J connectivity index is 1.39. The molecule has 6 heteroatoms. The van der Waals surface area contributed by atoms with E-state index in [0.29, 0.717) is 0 Å². The van der Waals surface area contributed by atoms with Crippen LogP contribution in [0.2, 0.25) is 0 Å². The Kier molecular flexibility index (Phi) is 3.85. The third-order valence-electron chi connectivity index (χ3n) is 5.73. The zero-order valence-electron chi connectivity index (χ0n) is 14.8. The maximum Gasteiger partial charge on any atom is 0.414 e. The predicted molar refractivity (Wildman–Crippen MR) is 96.5 cm³/mol. The van der Waals surface area contributed by atoms with E-state index in [1.54, 1.807) is 6.20 Å². The summed E-state index contributed by atoms with van der Waals surface area (Å²) < 4.78 is 11.4. The fraction of sp³-hybridized carbons (Fsp3) is 0.381. The molecule has 27 heavy (non-hydrogen) atoms. The number of aromatic nitrogens is 1. The molecule has 1 N–H and O–H groups in total. The normalized spacial score (nSPS) is 26.1. The molecule has 1 aliphatic heterocycles. The van der Waals surface area contributed by atoms with Crippen molar-refractivity contribution in [1.29, 1.82) is 0 Å². The molecule has 1 aromatic carbocycles. The minimum atomic E-state index is -0.780. The van der Waals surface area contributed by atoms with Crippen molar-refractivity contribution in [3.63, 3.8) is 0 Å². The van der Waals surface area contributed by atoms with Crippen LogP contribution in [-0.4, -0.2) is 23.1 Å². The first kappa shape index (κ1) is 16.3. The van der Waals surface area contributed by atoms with Gasteiger partial charge in [-0.15, -0.1) is 0 Å². The molecule has 0 bridgehead atoms. The first-order valence-corrected chi connectivity index (χ1v) is 9.44. The Labute approximate surface area is 156 Å². The van der Waals surface area contributed by atoms with E-state index >= 15 is 0 Å². The number of hydrogen-bond acceptors (Lipinski definition) is 5. The summed E-state index contributed by atoms with van der Waals surface area (Å²) >= 11 is 0. The van der Waals surface area contributed by atoms with E-state index in [0.717, 1.165) is 49.1 Å². The lowest BCUT2D eigenvalue weighted by Gasteiger charge is -2.27. The SMILES string of the molecule is O=C1NC(=O)C([C@H]2CCCc3cc(OC4CCc5ccccc54)cnc32)O1. The number of imide groups is 1. The van der Waals surface area contributed by atoms with Gasteiger partial charge in [-0.25, -0.2) is 4.79 Å². The Morgan fingerprint density at radius 3 is 2.85 bits per heavy atom. The van der Waals surface area contributed by atoms with Crippen molar-refractivity contribution in [1.82, 2.24) is 10.3 Å². The van der Waals surface area contributed by atoms with Gasteiger partial charge in [0.05, 0.1) is 11.9 Å². The van der Waals surface area contributed by atoms with Crippen LogP contribution in [0.5, 0.6) is 5.75 Å². The van der Waals surface area contributed by atoms with Gasteiger partial charge in [-0.1, -0.05) is 24.3 Å². The summed E-state index contributed by atoms with van der Waals surface area (Å²) in [4.78, 5) is 28.0. The van der Waals surface area contributed by atoms with Crippen molar-refractivity contribution < 1.29 is 19.1 Å². The zero-order valence-corrected chi connectivity index (χ0v) is 14.8. The number of pyridine rings is 1. The van der Waals surface area contributed by atoms with Crippen molar-refractivity contribution >= 4 is 12.0 Å². The molecule has 2 aromatic rings. The summed E-state index contributed by atoms with van der Waals surface area (Å²) in [5.41, 5.74) is 4.52. The quantitative estimate of drug-likeness (QED) is 0.905. The molecule has 6 nitrogen and oxygen atoms in total. The Bertz CT molecular complexity index is 926. The zero-order chi connectivity index (χ0) is 18.4.